The molecule has 0 saturated carbocycles. The summed E-state index contributed by atoms with van der Waals surface area (Å²) in [6.07, 6.45) is 0.123. The third kappa shape index (κ3) is 3.82. The number of likely N-dealkylation sites (N-methyl/N-ethyl adjacent to an activating group) is 1. The van der Waals surface area contributed by atoms with E-state index in [-0.39, 0.29) is 18.0 Å². The molecule has 1 N–H and O–H groups in total. The molecule has 5 nitrogen and oxygen atoms in total. The highest BCUT2D eigenvalue weighted by Crippen LogP contribution is 2.31. The number of aliphatic imine (C=N–C) groups is 1. The van der Waals surface area contributed by atoms with Crippen LogP contribution < -0.4 is 5.32 Å². The summed E-state index contributed by atoms with van der Waals surface area (Å²) in [6.45, 7) is 6.43. The first-order chi connectivity index (χ1) is 11.6. The molecule has 24 heavy (non-hydrogen) atoms. The van der Waals surface area contributed by atoms with Gasteiger partial charge >= 0.3 is 0 Å². The standard InChI is InChI=1S/C17H24ClFN4O/c1-12-11-23(8-9-24-12)15(10-21-17-20-6-7-22(17)2)16-13(18)4-3-5-14(16)19/h3-5,12,15H,6-11H2,1-2H3,(H,20,21). The Morgan fingerprint density at radius 3 is 2.96 bits per heavy atom. The van der Waals surface area contributed by atoms with Crippen molar-refractivity contribution in [3.05, 3.63) is 34.6 Å². The van der Waals surface area contributed by atoms with E-state index in [9.17, 15) is 4.39 Å². The highest BCUT2D eigenvalue weighted by molar-refractivity contribution is 6.31. The molecule has 0 spiro atoms. The van der Waals surface area contributed by atoms with Crippen molar-refractivity contribution in [3.8, 4) is 0 Å². The lowest BCUT2D eigenvalue weighted by atomic mass is 10.0. The van der Waals surface area contributed by atoms with Crippen LogP contribution in [-0.4, -0.2) is 68.2 Å². The second-order valence-electron chi connectivity index (χ2n) is 6.34. The smallest absolute Gasteiger partial charge is 0.193 e. The van der Waals surface area contributed by atoms with Crippen LogP contribution in [0.1, 0.15) is 18.5 Å². The Balaban J connectivity index is 1.83. The molecule has 2 unspecified atom stereocenters. The van der Waals surface area contributed by atoms with Crippen LogP contribution in [0.3, 0.4) is 0 Å². The van der Waals surface area contributed by atoms with E-state index in [0.717, 1.165) is 32.1 Å². The molecule has 0 aliphatic carbocycles. The summed E-state index contributed by atoms with van der Waals surface area (Å²) in [6, 6.07) is 4.69. The van der Waals surface area contributed by atoms with Gasteiger partial charge in [0.05, 0.1) is 25.3 Å². The number of hydrogen-bond acceptors (Lipinski definition) is 5. The Morgan fingerprint density at radius 2 is 2.29 bits per heavy atom. The van der Waals surface area contributed by atoms with Crippen molar-refractivity contribution >= 4 is 17.6 Å². The van der Waals surface area contributed by atoms with E-state index in [1.165, 1.54) is 6.07 Å². The zero-order valence-corrected chi connectivity index (χ0v) is 14.9. The van der Waals surface area contributed by atoms with E-state index >= 15 is 0 Å². The van der Waals surface area contributed by atoms with Crippen molar-refractivity contribution in [3.63, 3.8) is 0 Å². The predicted molar refractivity (Wildman–Crippen MR) is 94.1 cm³/mol. The summed E-state index contributed by atoms with van der Waals surface area (Å²) in [7, 11) is 2.00. The van der Waals surface area contributed by atoms with Crippen molar-refractivity contribution in [1.82, 2.24) is 15.1 Å². The van der Waals surface area contributed by atoms with Crippen molar-refractivity contribution in [2.45, 2.75) is 19.1 Å². The molecule has 0 bridgehead atoms. The van der Waals surface area contributed by atoms with Gasteiger partial charge in [0, 0.05) is 43.8 Å². The number of benzene rings is 1. The summed E-state index contributed by atoms with van der Waals surface area (Å²) >= 11 is 6.34. The van der Waals surface area contributed by atoms with Gasteiger partial charge in [-0.15, -0.1) is 0 Å². The molecule has 1 aromatic rings. The molecule has 0 radical (unpaired) electrons. The second kappa shape index (κ2) is 7.68. The molecule has 1 saturated heterocycles. The van der Waals surface area contributed by atoms with Crippen LogP contribution >= 0.6 is 11.6 Å². The minimum Gasteiger partial charge on any atom is -0.376 e. The Kier molecular flexibility index (Phi) is 5.58. The first-order valence-electron chi connectivity index (χ1n) is 8.35. The van der Waals surface area contributed by atoms with Crippen LogP contribution in [0.25, 0.3) is 0 Å². The molecular weight excluding hydrogens is 331 g/mol. The molecule has 2 aliphatic heterocycles. The SMILES string of the molecule is CC1CN(C(CNC2=NCCN2C)c2c(F)cccc2Cl)CCO1. The molecule has 132 valence electrons. The van der Waals surface area contributed by atoms with Gasteiger partial charge in [0.1, 0.15) is 5.82 Å². The van der Waals surface area contributed by atoms with Gasteiger partial charge in [0.25, 0.3) is 0 Å². The van der Waals surface area contributed by atoms with Gasteiger partial charge in [-0.1, -0.05) is 17.7 Å². The fraction of sp³-hybridized carbons (Fsp3) is 0.588. The lowest BCUT2D eigenvalue weighted by Crippen LogP contribution is -2.48. The van der Waals surface area contributed by atoms with E-state index in [1.54, 1.807) is 12.1 Å². The van der Waals surface area contributed by atoms with Crippen LogP contribution in [0.4, 0.5) is 4.39 Å². The average molecular weight is 355 g/mol. The first kappa shape index (κ1) is 17.5. The van der Waals surface area contributed by atoms with Crippen LogP contribution in [0.5, 0.6) is 0 Å². The normalized spacial score (nSPS) is 23.2. The largest absolute Gasteiger partial charge is 0.376 e. The van der Waals surface area contributed by atoms with Crippen molar-refractivity contribution in [1.29, 1.82) is 0 Å². The van der Waals surface area contributed by atoms with Gasteiger partial charge in [-0.3, -0.25) is 9.89 Å². The van der Waals surface area contributed by atoms with Gasteiger partial charge in [-0.25, -0.2) is 4.39 Å². The second-order valence-corrected chi connectivity index (χ2v) is 6.74. The van der Waals surface area contributed by atoms with Gasteiger partial charge in [-0.2, -0.15) is 0 Å². The van der Waals surface area contributed by atoms with Gasteiger partial charge in [-0.05, 0) is 19.1 Å². The zero-order chi connectivity index (χ0) is 17.1. The topological polar surface area (TPSA) is 40.1 Å². The molecule has 3 rings (SSSR count). The Hall–Kier alpha value is -1.37. The zero-order valence-electron chi connectivity index (χ0n) is 14.1. The molecule has 0 aromatic heterocycles. The van der Waals surface area contributed by atoms with Crippen molar-refractivity contribution in [2.75, 3.05) is 46.4 Å². The van der Waals surface area contributed by atoms with E-state index in [1.807, 2.05) is 14.0 Å². The lowest BCUT2D eigenvalue weighted by Gasteiger charge is -2.38. The minimum atomic E-state index is -0.268. The molecule has 1 fully saturated rings. The fourth-order valence-corrected chi connectivity index (χ4v) is 3.57. The monoisotopic (exact) mass is 354 g/mol. The number of nitrogens with one attached hydrogen (secondary N) is 1. The number of ether oxygens (including phenoxy) is 1. The lowest BCUT2D eigenvalue weighted by molar-refractivity contribution is -0.0343. The number of guanidine groups is 1. The number of morpholine rings is 1. The maximum atomic E-state index is 14.5. The van der Waals surface area contributed by atoms with E-state index < -0.39 is 0 Å². The molecule has 2 atom stereocenters. The van der Waals surface area contributed by atoms with E-state index in [2.05, 4.69) is 20.1 Å². The summed E-state index contributed by atoms with van der Waals surface area (Å²) in [5.74, 6) is 0.587. The number of nitrogens with zero attached hydrogens (tertiary/aromatic N) is 3. The van der Waals surface area contributed by atoms with Crippen LogP contribution in [-0.2, 0) is 4.74 Å². The van der Waals surface area contributed by atoms with Crippen LogP contribution in [0.15, 0.2) is 23.2 Å². The van der Waals surface area contributed by atoms with Crippen molar-refractivity contribution in [2.24, 2.45) is 4.99 Å². The van der Waals surface area contributed by atoms with Gasteiger partial charge in [0.15, 0.2) is 5.96 Å². The molecule has 1 aromatic carbocycles. The maximum absolute atomic E-state index is 14.5. The third-order valence-corrected chi connectivity index (χ3v) is 4.89. The Labute approximate surface area is 147 Å². The Morgan fingerprint density at radius 1 is 1.46 bits per heavy atom. The Bertz CT molecular complexity index is 592. The van der Waals surface area contributed by atoms with Gasteiger partial charge < -0.3 is 15.0 Å². The average Bonchev–Trinajstić information content (AvgIpc) is 2.95. The molecule has 7 heteroatoms. The van der Waals surface area contributed by atoms with E-state index in [0.29, 0.717) is 23.7 Å². The fourth-order valence-electron chi connectivity index (χ4n) is 3.28. The quantitative estimate of drug-likeness (QED) is 0.899. The van der Waals surface area contributed by atoms with E-state index in [4.69, 9.17) is 16.3 Å². The number of hydrogen-bond donors (Lipinski definition) is 1. The summed E-state index contributed by atoms with van der Waals surface area (Å²) in [5, 5.41) is 3.83. The minimum absolute atomic E-state index is 0.123. The number of rotatable bonds is 4. The van der Waals surface area contributed by atoms with Crippen LogP contribution in [0.2, 0.25) is 5.02 Å². The summed E-state index contributed by atoms with van der Waals surface area (Å²) < 4.78 is 20.1. The molecule has 2 aliphatic rings. The van der Waals surface area contributed by atoms with Crippen LogP contribution in [0, 0.1) is 5.82 Å². The highest BCUT2D eigenvalue weighted by atomic mass is 35.5. The summed E-state index contributed by atoms with van der Waals surface area (Å²) in [5.41, 5.74) is 0.544. The molecular formula is C17H24ClFN4O. The summed E-state index contributed by atoms with van der Waals surface area (Å²) in [4.78, 5) is 8.76. The number of halogens is 2. The molecule has 2 heterocycles. The third-order valence-electron chi connectivity index (χ3n) is 4.56. The molecule has 0 amide bonds. The van der Waals surface area contributed by atoms with Gasteiger partial charge in [0.2, 0.25) is 0 Å². The first-order valence-corrected chi connectivity index (χ1v) is 8.73. The highest BCUT2D eigenvalue weighted by Gasteiger charge is 2.29. The maximum Gasteiger partial charge on any atom is 0.193 e. The predicted octanol–water partition coefficient (Wildman–Crippen LogP) is 2.13. The van der Waals surface area contributed by atoms with Crippen molar-refractivity contribution < 1.29 is 9.13 Å².